The number of aliphatic hydroxyl groups excluding tert-OH is 2. The summed E-state index contributed by atoms with van der Waals surface area (Å²) in [5, 5.41) is 20.0. The minimum atomic E-state index is -4.11. The number of aliphatic hydroxyl groups is 2. The van der Waals surface area contributed by atoms with Crippen LogP contribution in [0.25, 0.3) is 0 Å². The molecule has 0 saturated heterocycles. The minimum Gasteiger partial charge on any atom is -1.00 e. The SMILES string of the molecule is CCCCOCC(O)CN(CCS(=O)(=O)O)CC(O)COCCCC.[H-].[Li+]. The molecule has 0 saturated carbocycles. The van der Waals surface area contributed by atoms with Gasteiger partial charge in [0, 0.05) is 32.8 Å². The van der Waals surface area contributed by atoms with E-state index in [0.29, 0.717) is 13.2 Å². The van der Waals surface area contributed by atoms with Gasteiger partial charge in [0.05, 0.1) is 31.2 Å². The Labute approximate surface area is 171 Å². The average molecular weight is 393 g/mol. The van der Waals surface area contributed by atoms with Crippen molar-refractivity contribution in [2.75, 3.05) is 51.8 Å². The van der Waals surface area contributed by atoms with Gasteiger partial charge in [-0.3, -0.25) is 9.45 Å². The van der Waals surface area contributed by atoms with Crippen LogP contribution >= 0.6 is 0 Å². The minimum absolute atomic E-state index is 0. The summed E-state index contributed by atoms with van der Waals surface area (Å²) in [5.74, 6) is -0.459. The molecule has 0 aromatic rings. The summed E-state index contributed by atoms with van der Waals surface area (Å²) in [5.41, 5.74) is 0. The van der Waals surface area contributed by atoms with Crippen molar-refractivity contribution in [3.8, 4) is 0 Å². The third-order valence-electron chi connectivity index (χ3n) is 3.51. The van der Waals surface area contributed by atoms with Gasteiger partial charge in [-0.05, 0) is 12.8 Å². The molecule has 10 heteroatoms. The van der Waals surface area contributed by atoms with Crippen LogP contribution in [-0.4, -0.2) is 92.1 Å². The molecule has 2 unspecified atom stereocenters. The van der Waals surface area contributed by atoms with Crippen LogP contribution in [0.4, 0.5) is 0 Å². The molecule has 0 radical (unpaired) electrons. The molecule has 154 valence electrons. The van der Waals surface area contributed by atoms with E-state index < -0.39 is 28.1 Å². The van der Waals surface area contributed by atoms with E-state index in [-0.39, 0.29) is 53.1 Å². The molecular weight excluding hydrogens is 357 g/mol. The topological polar surface area (TPSA) is 117 Å². The predicted molar refractivity (Wildman–Crippen MR) is 97.4 cm³/mol. The largest absolute Gasteiger partial charge is 1.00 e. The van der Waals surface area contributed by atoms with Crippen molar-refractivity contribution in [3.05, 3.63) is 0 Å². The fourth-order valence-electron chi connectivity index (χ4n) is 2.13. The van der Waals surface area contributed by atoms with Gasteiger partial charge in [-0.1, -0.05) is 26.7 Å². The maximum atomic E-state index is 10.9. The van der Waals surface area contributed by atoms with Crippen molar-refractivity contribution in [3.63, 3.8) is 0 Å². The van der Waals surface area contributed by atoms with Gasteiger partial charge in [-0.25, -0.2) is 0 Å². The number of unbranched alkanes of at least 4 members (excludes halogenated alkanes) is 2. The van der Waals surface area contributed by atoms with E-state index >= 15 is 0 Å². The van der Waals surface area contributed by atoms with Gasteiger partial charge in [-0.15, -0.1) is 0 Å². The standard InChI is InChI=1S/C16H35NO7S.Li.H/c1-3-5-8-23-13-15(18)11-17(7-10-25(20,21)22)12-16(19)14-24-9-6-4-2;;/h15-16,18-19H,3-14H2,1-2H3,(H,20,21,22);;/q;+1;-1. The van der Waals surface area contributed by atoms with Crippen LogP contribution in [0.1, 0.15) is 41.0 Å². The molecule has 0 bridgehead atoms. The summed E-state index contributed by atoms with van der Waals surface area (Å²) in [6.45, 7) is 5.80. The van der Waals surface area contributed by atoms with Crippen LogP contribution < -0.4 is 18.9 Å². The molecule has 0 heterocycles. The Bertz CT molecular complexity index is 398. The van der Waals surface area contributed by atoms with Crippen molar-refractivity contribution in [1.29, 1.82) is 0 Å². The second-order valence-electron chi connectivity index (χ2n) is 6.21. The number of nitrogens with zero attached hydrogens (tertiary/aromatic N) is 1. The average Bonchev–Trinajstić information content (AvgIpc) is 2.53. The molecule has 0 fully saturated rings. The van der Waals surface area contributed by atoms with Crippen molar-refractivity contribution >= 4 is 10.1 Å². The maximum absolute atomic E-state index is 10.9. The molecule has 2 atom stereocenters. The Balaban J connectivity index is -0.00000288. The Hall–Kier alpha value is 0.307. The van der Waals surface area contributed by atoms with Gasteiger partial charge in [0.15, 0.2) is 0 Å². The first kappa shape index (κ1) is 28.5. The van der Waals surface area contributed by atoms with E-state index in [0.717, 1.165) is 25.7 Å². The molecule has 0 aromatic heterocycles. The zero-order chi connectivity index (χ0) is 19.1. The second-order valence-corrected chi connectivity index (χ2v) is 7.78. The van der Waals surface area contributed by atoms with Gasteiger partial charge in [0.1, 0.15) is 0 Å². The van der Waals surface area contributed by atoms with Gasteiger partial charge < -0.3 is 21.1 Å². The van der Waals surface area contributed by atoms with Gasteiger partial charge >= 0.3 is 18.9 Å². The fraction of sp³-hybridized carbons (Fsp3) is 1.00. The van der Waals surface area contributed by atoms with Gasteiger partial charge in [-0.2, -0.15) is 8.42 Å². The molecule has 0 rings (SSSR count). The Morgan fingerprint density at radius 3 is 1.73 bits per heavy atom. The molecule has 0 aliphatic rings. The molecule has 0 spiro atoms. The van der Waals surface area contributed by atoms with E-state index in [1.165, 1.54) is 0 Å². The van der Waals surface area contributed by atoms with Crippen LogP contribution in [-0.2, 0) is 19.6 Å². The molecule has 0 aliphatic heterocycles. The third-order valence-corrected chi connectivity index (χ3v) is 4.21. The molecule has 3 N–H and O–H groups in total. The van der Waals surface area contributed by atoms with E-state index in [9.17, 15) is 18.6 Å². The van der Waals surface area contributed by atoms with Crippen molar-refractivity contribution < 1.29 is 52.9 Å². The first-order chi connectivity index (χ1) is 11.8. The summed E-state index contributed by atoms with van der Waals surface area (Å²) in [6.07, 6.45) is 2.22. The zero-order valence-corrected chi connectivity index (χ0v) is 17.3. The van der Waals surface area contributed by atoms with Gasteiger partial charge in [0.2, 0.25) is 0 Å². The summed E-state index contributed by atoms with van der Waals surface area (Å²) in [6, 6.07) is 0. The normalized spacial score (nSPS) is 14.2. The molecule has 0 aliphatic carbocycles. The molecule has 0 aromatic carbocycles. The molecular formula is C16H36LiNO7S. The van der Waals surface area contributed by atoms with Crippen molar-refractivity contribution in [2.45, 2.75) is 51.7 Å². The number of hydrogen-bond donors (Lipinski definition) is 3. The van der Waals surface area contributed by atoms with Crippen LogP contribution in [0, 0.1) is 0 Å². The second kappa shape index (κ2) is 17.4. The Morgan fingerprint density at radius 2 is 1.38 bits per heavy atom. The van der Waals surface area contributed by atoms with E-state index in [1.807, 2.05) is 13.8 Å². The van der Waals surface area contributed by atoms with E-state index in [2.05, 4.69) is 0 Å². The van der Waals surface area contributed by atoms with Crippen molar-refractivity contribution in [2.24, 2.45) is 0 Å². The Morgan fingerprint density at radius 1 is 0.962 bits per heavy atom. The van der Waals surface area contributed by atoms with Crippen LogP contribution in [0.5, 0.6) is 0 Å². The maximum Gasteiger partial charge on any atom is 1.00 e. The summed E-state index contributed by atoms with van der Waals surface area (Å²) in [4.78, 5) is 1.59. The summed E-state index contributed by atoms with van der Waals surface area (Å²) >= 11 is 0. The summed E-state index contributed by atoms with van der Waals surface area (Å²) < 4.78 is 41.5. The quantitative estimate of drug-likeness (QED) is 0.143. The smallest absolute Gasteiger partial charge is 1.00 e. The van der Waals surface area contributed by atoms with Crippen molar-refractivity contribution in [1.82, 2.24) is 4.90 Å². The molecule has 8 nitrogen and oxygen atoms in total. The number of ether oxygens (including phenoxy) is 2. The van der Waals surface area contributed by atoms with Crippen LogP contribution in [0.3, 0.4) is 0 Å². The van der Waals surface area contributed by atoms with E-state index in [1.54, 1.807) is 4.90 Å². The van der Waals surface area contributed by atoms with Gasteiger partial charge in [0.25, 0.3) is 10.1 Å². The van der Waals surface area contributed by atoms with Crippen LogP contribution in [0.15, 0.2) is 0 Å². The summed E-state index contributed by atoms with van der Waals surface area (Å²) in [7, 11) is -4.11. The third kappa shape index (κ3) is 19.1. The monoisotopic (exact) mass is 393 g/mol. The first-order valence-corrected chi connectivity index (χ1v) is 10.6. The zero-order valence-electron chi connectivity index (χ0n) is 17.5. The fourth-order valence-corrected chi connectivity index (χ4v) is 2.62. The predicted octanol–water partition coefficient (Wildman–Crippen LogP) is -2.35. The number of rotatable bonds is 17. The van der Waals surface area contributed by atoms with Crippen LogP contribution in [0.2, 0.25) is 0 Å². The van der Waals surface area contributed by atoms with E-state index in [4.69, 9.17) is 14.0 Å². The number of hydrogen-bond acceptors (Lipinski definition) is 7. The molecule has 0 amide bonds. The Kier molecular flexibility index (Phi) is 19.1. The first-order valence-electron chi connectivity index (χ1n) is 8.97. The molecule has 26 heavy (non-hydrogen) atoms.